The van der Waals surface area contributed by atoms with E-state index >= 15 is 0 Å². The van der Waals surface area contributed by atoms with Gasteiger partial charge in [0.2, 0.25) is 0 Å². The minimum Gasteiger partial charge on any atom is -0.457 e. The molecule has 17 heavy (non-hydrogen) atoms. The minimum atomic E-state index is 0.362. The van der Waals surface area contributed by atoms with Crippen LogP contribution in [0.1, 0.15) is 18.5 Å². The molecule has 2 rings (SSSR count). The van der Waals surface area contributed by atoms with Gasteiger partial charge in [-0.05, 0) is 43.8 Å². The van der Waals surface area contributed by atoms with Crippen molar-refractivity contribution in [1.82, 2.24) is 5.32 Å². The van der Waals surface area contributed by atoms with Crippen molar-refractivity contribution in [1.29, 1.82) is 0 Å². The molecule has 0 aromatic heterocycles. The zero-order chi connectivity index (χ0) is 12.1. The highest BCUT2D eigenvalue weighted by atomic mass is 16.5. The van der Waals surface area contributed by atoms with Crippen LogP contribution in [-0.2, 0) is 0 Å². The number of para-hydroxylation sites is 1. The van der Waals surface area contributed by atoms with Crippen LogP contribution in [0.5, 0.6) is 11.5 Å². The van der Waals surface area contributed by atoms with Crippen LogP contribution in [0.4, 0.5) is 0 Å². The second-order valence-electron chi connectivity index (χ2n) is 3.99. The topological polar surface area (TPSA) is 21.3 Å². The number of nitrogens with one attached hydrogen (secondary N) is 1. The van der Waals surface area contributed by atoms with Crippen LogP contribution < -0.4 is 10.1 Å². The van der Waals surface area contributed by atoms with Gasteiger partial charge in [-0.2, -0.15) is 0 Å². The Hall–Kier alpha value is -1.80. The van der Waals surface area contributed by atoms with Crippen molar-refractivity contribution < 1.29 is 4.74 Å². The van der Waals surface area contributed by atoms with Crippen molar-refractivity contribution in [3.05, 3.63) is 60.2 Å². The van der Waals surface area contributed by atoms with E-state index in [1.807, 2.05) is 49.5 Å². The van der Waals surface area contributed by atoms with E-state index in [4.69, 9.17) is 4.74 Å². The Labute approximate surface area is 102 Å². The minimum absolute atomic E-state index is 0.362. The molecule has 2 nitrogen and oxygen atoms in total. The molecule has 2 heteroatoms. The maximum absolute atomic E-state index is 5.73. The van der Waals surface area contributed by atoms with Gasteiger partial charge in [0.05, 0.1) is 0 Å². The smallest absolute Gasteiger partial charge is 0.127 e. The van der Waals surface area contributed by atoms with Gasteiger partial charge in [-0.1, -0.05) is 30.3 Å². The van der Waals surface area contributed by atoms with E-state index < -0.39 is 0 Å². The van der Waals surface area contributed by atoms with Gasteiger partial charge in [0.15, 0.2) is 0 Å². The number of ether oxygens (including phenoxy) is 1. The summed E-state index contributed by atoms with van der Waals surface area (Å²) in [6, 6.07) is 18.3. The quantitative estimate of drug-likeness (QED) is 0.858. The summed E-state index contributed by atoms with van der Waals surface area (Å²) in [5, 5.41) is 3.21. The third kappa shape index (κ3) is 3.08. The normalized spacial score (nSPS) is 12.1. The van der Waals surface area contributed by atoms with E-state index in [0.717, 1.165) is 11.5 Å². The molecule has 1 atom stereocenters. The first kappa shape index (κ1) is 11.7. The molecule has 0 saturated carbocycles. The number of hydrogen-bond acceptors (Lipinski definition) is 2. The van der Waals surface area contributed by atoms with Crippen molar-refractivity contribution in [3.63, 3.8) is 0 Å². The molecule has 2 aromatic rings. The SMILES string of the molecule is CN[C@H](C)c1ccc(Oc2ccccc2)cc1. The first-order chi connectivity index (χ1) is 8.29. The lowest BCUT2D eigenvalue weighted by Crippen LogP contribution is -2.11. The maximum Gasteiger partial charge on any atom is 0.127 e. The summed E-state index contributed by atoms with van der Waals surface area (Å²) in [6.45, 7) is 2.13. The number of benzene rings is 2. The Balaban J connectivity index is 2.08. The van der Waals surface area contributed by atoms with Gasteiger partial charge in [-0.15, -0.1) is 0 Å². The lowest BCUT2D eigenvalue weighted by atomic mass is 10.1. The molecule has 0 aliphatic heterocycles. The Bertz CT molecular complexity index is 450. The summed E-state index contributed by atoms with van der Waals surface area (Å²) >= 11 is 0. The maximum atomic E-state index is 5.73. The zero-order valence-electron chi connectivity index (χ0n) is 10.2. The molecule has 0 saturated heterocycles. The second-order valence-corrected chi connectivity index (χ2v) is 3.99. The molecule has 0 heterocycles. The average molecular weight is 227 g/mol. The second kappa shape index (κ2) is 5.51. The molecular formula is C15H17NO. The third-order valence-corrected chi connectivity index (χ3v) is 2.79. The van der Waals surface area contributed by atoms with Gasteiger partial charge >= 0.3 is 0 Å². The zero-order valence-corrected chi connectivity index (χ0v) is 10.2. The summed E-state index contributed by atoms with van der Waals surface area (Å²) in [7, 11) is 1.96. The first-order valence-electron chi connectivity index (χ1n) is 5.79. The first-order valence-corrected chi connectivity index (χ1v) is 5.79. The molecule has 0 unspecified atom stereocenters. The van der Waals surface area contributed by atoms with Gasteiger partial charge in [-0.3, -0.25) is 0 Å². The lowest BCUT2D eigenvalue weighted by molar-refractivity contribution is 0.482. The van der Waals surface area contributed by atoms with E-state index in [-0.39, 0.29) is 0 Å². The van der Waals surface area contributed by atoms with Crippen LogP contribution in [0.15, 0.2) is 54.6 Å². The van der Waals surface area contributed by atoms with E-state index in [9.17, 15) is 0 Å². The molecule has 0 spiro atoms. The largest absolute Gasteiger partial charge is 0.457 e. The fourth-order valence-electron chi connectivity index (χ4n) is 1.62. The third-order valence-electron chi connectivity index (χ3n) is 2.79. The summed E-state index contributed by atoms with van der Waals surface area (Å²) < 4.78 is 5.73. The van der Waals surface area contributed by atoms with Gasteiger partial charge in [0, 0.05) is 6.04 Å². The Morgan fingerprint density at radius 2 is 1.47 bits per heavy atom. The highest BCUT2D eigenvalue weighted by molar-refractivity contribution is 5.33. The van der Waals surface area contributed by atoms with Gasteiger partial charge in [0.1, 0.15) is 11.5 Å². The molecule has 0 bridgehead atoms. The van der Waals surface area contributed by atoms with Crippen LogP contribution in [0.3, 0.4) is 0 Å². The van der Waals surface area contributed by atoms with E-state index in [1.54, 1.807) is 0 Å². The van der Waals surface area contributed by atoms with Crippen LogP contribution in [-0.4, -0.2) is 7.05 Å². The van der Waals surface area contributed by atoms with Crippen LogP contribution in [0.25, 0.3) is 0 Å². The van der Waals surface area contributed by atoms with Crippen molar-refractivity contribution >= 4 is 0 Å². The van der Waals surface area contributed by atoms with Crippen molar-refractivity contribution in [3.8, 4) is 11.5 Å². The molecule has 0 fully saturated rings. The van der Waals surface area contributed by atoms with Crippen molar-refractivity contribution in [2.75, 3.05) is 7.05 Å². The average Bonchev–Trinajstić information content (AvgIpc) is 2.40. The predicted molar refractivity (Wildman–Crippen MR) is 70.4 cm³/mol. The van der Waals surface area contributed by atoms with Crippen LogP contribution in [0.2, 0.25) is 0 Å². The summed E-state index contributed by atoms with van der Waals surface area (Å²) in [4.78, 5) is 0. The number of hydrogen-bond donors (Lipinski definition) is 1. The Morgan fingerprint density at radius 1 is 0.882 bits per heavy atom. The number of rotatable bonds is 4. The molecule has 0 amide bonds. The summed E-state index contributed by atoms with van der Waals surface area (Å²) in [5.41, 5.74) is 1.26. The van der Waals surface area contributed by atoms with Crippen molar-refractivity contribution in [2.24, 2.45) is 0 Å². The lowest BCUT2D eigenvalue weighted by Gasteiger charge is -2.11. The molecule has 0 aliphatic carbocycles. The van der Waals surface area contributed by atoms with Gasteiger partial charge in [0.25, 0.3) is 0 Å². The standard InChI is InChI=1S/C15H17NO/c1-12(16-2)13-8-10-15(11-9-13)17-14-6-4-3-5-7-14/h3-12,16H,1-2H3/t12-/m1/s1. The van der Waals surface area contributed by atoms with E-state index in [0.29, 0.717) is 6.04 Å². The Morgan fingerprint density at radius 3 is 2.06 bits per heavy atom. The van der Waals surface area contributed by atoms with Crippen molar-refractivity contribution in [2.45, 2.75) is 13.0 Å². The van der Waals surface area contributed by atoms with Gasteiger partial charge in [-0.25, -0.2) is 0 Å². The van der Waals surface area contributed by atoms with Crippen LogP contribution >= 0.6 is 0 Å². The highest BCUT2D eigenvalue weighted by Gasteiger charge is 2.02. The fraction of sp³-hybridized carbons (Fsp3) is 0.200. The Kier molecular flexibility index (Phi) is 3.78. The molecule has 1 N–H and O–H groups in total. The fourth-order valence-corrected chi connectivity index (χ4v) is 1.62. The highest BCUT2D eigenvalue weighted by Crippen LogP contribution is 2.22. The molecular weight excluding hydrogens is 210 g/mol. The monoisotopic (exact) mass is 227 g/mol. The van der Waals surface area contributed by atoms with Gasteiger partial charge < -0.3 is 10.1 Å². The van der Waals surface area contributed by atoms with Crippen LogP contribution in [0, 0.1) is 0 Å². The van der Waals surface area contributed by atoms with E-state index in [2.05, 4.69) is 24.4 Å². The molecule has 2 aromatic carbocycles. The van der Waals surface area contributed by atoms with E-state index in [1.165, 1.54) is 5.56 Å². The predicted octanol–water partition coefficient (Wildman–Crippen LogP) is 3.76. The summed E-state index contributed by atoms with van der Waals surface area (Å²) in [5.74, 6) is 1.73. The summed E-state index contributed by atoms with van der Waals surface area (Å²) in [6.07, 6.45) is 0. The molecule has 0 aliphatic rings. The molecule has 88 valence electrons. The molecule has 0 radical (unpaired) electrons.